The molecule has 0 saturated carbocycles. The van der Waals surface area contributed by atoms with E-state index in [0.29, 0.717) is 5.56 Å². The number of rotatable bonds is 6. The lowest BCUT2D eigenvalue weighted by Gasteiger charge is -2.33. The Kier molecular flexibility index (Phi) is 7.79. The third kappa shape index (κ3) is 6.58. The number of amides is 1. The van der Waals surface area contributed by atoms with Crippen molar-refractivity contribution < 1.29 is 13.2 Å². The molecule has 5 nitrogen and oxygen atoms in total. The fourth-order valence-corrected chi connectivity index (χ4v) is 4.67. The number of carbonyl (C=O) groups excluding carboxylic acids is 1. The second kappa shape index (κ2) is 10.3. The molecule has 2 atom stereocenters. The monoisotopic (exact) mass is 460 g/mol. The summed E-state index contributed by atoms with van der Waals surface area (Å²) < 4.78 is 22.5. The summed E-state index contributed by atoms with van der Waals surface area (Å²) in [6.07, 6.45) is 7.09. The predicted octanol–water partition coefficient (Wildman–Crippen LogP) is 5.14. The standard InChI is InChI=1S/C24H29ClN2O3S/c1-18(15-17-31(2,29)30)26-24(28)19-11-13-20(14-12-19)27-16-7-3-4-10-23(27)21-8-5-6-9-22(21)25/h5-6,8-9,11-15,17-18,23H,3-4,7,10,16H2,1-2H3,(H,26,28)/b17-15+/t18-,23+/m1/s1. The first-order valence-electron chi connectivity index (χ1n) is 10.5. The van der Waals surface area contributed by atoms with Gasteiger partial charge < -0.3 is 10.2 Å². The van der Waals surface area contributed by atoms with E-state index in [1.54, 1.807) is 6.92 Å². The first-order chi connectivity index (χ1) is 14.7. The van der Waals surface area contributed by atoms with Crippen LogP contribution in [0.15, 0.2) is 60.0 Å². The number of nitrogens with zero attached hydrogens (tertiary/aromatic N) is 1. The molecule has 7 heteroatoms. The van der Waals surface area contributed by atoms with Gasteiger partial charge in [0, 0.05) is 40.5 Å². The average molecular weight is 461 g/mol. The van der Waals surface area contributed by atoms with Crippen LogP contribution in [0.25, 0.3) is 0 Å². The number of anilines is 1. The molecule has 2 aromatic rings. The zero-order valence-electron chi connectivity index (χ0n) is 17.9. The van der Waals surface area contributed by atoms with Gasteiger partial charge in [0.25, 0.3) is 5.91 Å². The molecule has 0 aliphatic carbocycles. The zero-order valence-corrected chi connectivity index (χ0v) is 19.5. The maximum absolute atomic E-state index is 12.5. The maximum Gasteiger partial charge on any atom is 0.251 e. The fourth-order valence-electron chi connectivity index (χ4n) is 3.89. The molecule has 0 unspecified atom stereocenters. The molecule has 2 aromatic carbocycles. The molecule has 0 bridgehead atoms. The van der Waals surface area contributed by atoms with Crippen LogP contribution in [0, 0.1) is 0 Å². The van der Waals surface area contributed by atoms with Gasteiger partial charge in [-0.25, -0.2) is 8.42 Å². The SMILES string of the molecule is C[C@H](/C=C/S(C)(=O)=O)NC(=O)c1ccc(N2CCCCC[C@H]2c2ccccc2Cl)cc1. The van der Waals surface area contributed by atoms with Crippen molar-refractivity contribution in [3.63, 3.8) is 0 Å². The molecule has 1 aliphatic rings. The van der Waals surface area contributed by atoms with Gasteiger partial charge >= 0.3 is 0 Å². The Labute approximate surface area is 190 Å². The zero-order chi connectivity index (χ0) is 22.4. The van der Waals surface area contributed by atoms with E-state index in [1.165, 1.54) is 12.5 Å². The Morgan fingerprint density at radius 2 is 1.84 bits per heavy atom. The molecular formula is C24H29ClN2O3S. The highest BCUT2D eigenvalue weighted by molar-refractivity contribution is 7.93. The van der Waals surface area contributed by atoms with Crippen molar-refractivity contribution in [1.29, 1.82) is 0 Å². The van der Waals surface area contributed by atoms with E-state index in [1.807, 2.05) is 42.5 Å². The first kappa shape index (κ1) is 23.4. The minimum absolute atomic E-state index is 0.206. The molecule has 166 valence electrons. The van der Waals surface area contributed by atoms with Gasteiger partial charge in [0.15, 0.2) is 9.84 Å². The van der Waals surface area contributed by atoms with Gasteiger partial charge in [-0.3, -0.25) is 4.79 Å². The van der Waals surface area contributed by atoms with Crippen molar-refractivity contribution in [2.45, 2.75) is 44.7 Å². The molecule has 1 aliphatic heterocycles. The lowest BCUT2D eigenvalue weighted by molar-refractivity contribution is 0.0947. The number of benzene rings is 2. The minimum atomic E-state index is -3.22. The molecule has 1 heterocycles. The van der Waals surface area contributed by atoms with Crippen molar-refractivity contribution in [2.24, 2.45) is 0 Å². The quantitative estimate of drug-likeness (QED) is 0.648. The summed E-state index contributed by atoms with van der Waals surface area (Å²) in [5.74, 6) is -0.240. The number of nitrogens with one attached hydrogen (secondary N) is 1. The topological polar surface area (TPSA) is 66.5 Å². The van der Waals surface area contributed by atoms with Crippen LogP contribution in [-0.4, -0.2) is 33.2 Å². The van der Waals surface area contributed by atoms with Crippen molar-refractivity contribution in [2.75, 3.05) is 17.7 Å². The third-order valence-electron chi connectivity index (χ3n) is 5.45. The Morgan fingerprint density at radius 3 is 2.52 bits per heavy atom. The van der Waals surface area contributed by atoms with Crippen LogP contribution in [0.1, 0.15) is 54.6 Å². The summed E-state index contributed by atoms with van der Waals surface area (Å²) in [5.41, 5.74) is 2.74. The summed E-state index contributed by atoms with van der Waals surface area (Å²) in [5, 5.41) is 4.69. The minimum Gasteiger partial charge on any atom is -0.364 e. The largest absolute Gasteiger partial charge is 0.364 e. The van der Waals surface area contributed by atoms with Crippen molar-refractivity contribution >= 4 is 33.0 Å². The number of carbonyl (C=O) groups is 1. The van der Waals surface area contributed by atoms with Gasteiger partial charge in [-0.2, -0.15) is 0 Å². The lowest BCUT2D eigenvalue weighted by Crippen LogP contribution is -2.31. The smallest absolute Gasteiger partial charge is 0.251 e. The normalized spacial score (nSPS) is 18.5. The van der Waals surface area contributed by atoms with E-state index in [4.69, 9.17) is 11.6 Å². The molecule has 0 aromatic heterocycles. The number of hydrogen-bond donors (Lipinski definition) is 1. The lowest BCUT2D eigenvalue weighted by atomic mass is 10.00. The summed E-state index contributed by atoms with van der Waals surface area (Å²) in [6.45, 7) is 2.67. The van der Waals surface area contributed by atoms with Crippen LogP contribution in [0.2, 0.25) is 5.02 Å². The van der Waals surface area contributed by atoms with Crippen LogP contribution >= 0.6 is 11.6 Å². The van der Waals surface area contributed by atoms with Gasteiger partial charge in [0.1, 0.15) is 0 Å². The summed E-state index contributed by atoms with van der Waals surface area (Å²) in [7, 11) is -3.22. The van der Waals surface area contributed by atoms with E-state index in [2.05, 4.69) is 16.3 Å². The Hall–Kier alpha value is -2.31. The van der Waals surface area contributed by atoms with E-state index < -0.39 is 15.9 Å². The Balaban J connectivity index is 1.76. The number of hydrogen-bond acceptors (Lipinski definition) is 4. The van der Waals surface area contributed by atoms with Crippen LogP contribution in [-0.2, 0) is 9.84 Å². The average Bonchev–Trinajstić information content (AvgIpc) is 2.98. The fraction of sp³-hybridized carbons (Fsp3) is 0.375. The van der Waals surface area contributed by atoms with Crippen LogP contribution in [0.3, 0.4) is 0 Å². The number of sulfone groups is 1. The maximum atomic E-state index is 12.5. The molecule has 1 saturated heterocycles. The summed E-state index contributed by atoms with van der Waals surface area (Å²) in [6, 6.07) is 15.4. The highest BCUT2D eigenvalue weighted by Crippen LogP contribution is 2.37. The highest BCUT2D eigenvalue weighted by Gasteiger charge is 2.24. The van der Waals surface area contributed by atoms with Crippen LogP contribution < -0.4 is 10.2 Å². The van der Waals surface area contributed by atoms with Gasteiger partial charge in [0.05, 0.1) is 6.04 Å². The molecule has 3 rings (SSSR count). The molecule has 1 fully saturated rings. The molecule has 1 N–H and O–H groups in total. The first-order valence-corrected chi connectivity index (χ1v) is 12.9. The van der Waals surface area contributed by atoms with Gasteiger partial charge in [-0.1, -0.05) is 48.7 Å². The highest BCUT2D eigenvalue weighted by atomic mass is 35.5. The molecule has 31 heavy (non-hydrogen) atoms. The van der Waals surface area contributed by atoms with Crippen molar-refractivity contribution in [3.8, 4) is 0 Å². The van der Waals surface area contributed by atoms with E-state index in [9.17, 15) is 13.2 Å². The van der Waals surface area contributed by atoms with Gasteiger partial charge in [-0.05, 0) is 55.7 Å². The van der Waals surface area contributed by atoms with E-state index in [0.717, 1.165) is 53.7 Å². The summed E-state index contributed by atoms with van der Waals surface area (Å²) in [4.78, 5) is 14.9. The Morgan fingerprint density at radius 1 is 1.13 bits per heavy atom. The van der Waals surface area contributed by atoms with Crippen molar-refractivity contribution in [3.05, 3.63) is 76.2 Å². The van der Waals surface area contributed by atoms with Crippen LogP contribution in [0.4, 0.5) is 5.69 Å². The van der Waals surface area contributed by atoms with Gasteiger partial charge in [0.2, 0.25) is 0 Å². The summed E-state index contributed by atoms with van der Waals surface area (Å²) >= 11 is 6.51. The molecule has 1 amide bonds. The second-order valence-corrected chi connectivity index (χ2v) is 10.4. The molecular weight excluding hydrogens is 432 g/mol. The second-order valence-electron chi connectivity index (χ2n) is 8.05. The number of halogens is 1. The van der Waals surface area contributed by atoms with Crippen LogP contribution in [0.5, 0.6) is 0 Å². The third-order valence-corrected chi connectivity index (χ3v) is 6.45. The predicted molar refractivity (Wildman–Crippen MR) is 127 cm³/mol. The Bertz CT molecular complexity index is 1040. The molecule has 0 spiro atoms. The van der Waals surface area contributed by atoms with Crippen molar-refractivity contribution in [1.82, 2.24) is 5.32 Å². The van der Waals surface area contributed by atoms with E-state index >= 15 is 0 Å². The van der Waals surface area contributed by atoms with Gasteiger partial charge in [-0.15, -0.1) is 0 Å². The van der Waals surface area contributed by atoms with E-state index in [-0.39, 0.29) is 11.9 Å². The molecule has 0 radical (unpaired) electrons.